The van der Waals surface area contributed by atoms with Gasteiger partial charge >= 0.3 is 6.18 Å². The van der Waals surface area contributed by atoms with Gasteiger partial charge in [0.05, 0.1) is 40.4 Å². The van der Waals surface area contributed by atoms with Crippen LogP contribution in [0.5, 0.6) is 0 Å². The van der Waals surface area contributed by atoms with Crippen LogP contribution >= 0.6 is 12.4 Å². The molecule has 0 aliphatic heterocycles. The van der Waals surface area contributed by atoms with Crippen molar-refractivity contribution in [2.45, 2.75) is 37.5 Å². The number of carbonyl (C=O) groups excluding carboxylic acids is 1. The summed E-state index contributed by atoms with van der Waals surface area (Å²) in [4.78, 5) is 16.1. The zero-order valence-electron chi connectivity index (χ0n) is 14.8. The van der Waals surface area contributed by atoms with E-state index in [2.05, 4.69) is 15.6 Å². The van der Waals surface area contributed by atoms with Gasteiger partial charge in [-0.15, -0.1) is 12.4 Å². The van der Waals surface area contributed by atoms with Crippen molar-refractivity contribution in [1.82, 2.24) is 10.3 Å². The molecular formula is C18H19ClF4N4O. The second-order valence-corrected chi connectivity index (χ2v) is 6.61. The summed E-state index contributed by atoms with van der Waals surface area (Å²) in [5.41, 5.74) is 3.92. The number of anilines is 2. The molecule has 1 aliphatic rings. The SMILES string of the molecule is CC(NC(=O)C1(N)CC1)c1ccc(Nc2c(F)cccc2C(F)(F)F)cn1.Cl. The second-order valence-electron chi connectivity index (χ2n) is 6.61. The quantitative estimate of drug-likeness (QED) is 0.639. The van der Waals surface area contributed by atoms with Gasteiger partial charge in [-0.05, 0) is 44.0 Å². The van der Waals surface area contributed by atoms with Crippen LogP contribution in [0.15, 0.2) is 36.5 Å². The van der Waals surface area contributed by atoms with E-state index in [1.54, 1.807) is 6.92 Å². The van der Waals surface area contributed by atoms with Crippen molar-refractivity contribution in [2.75, 3.05) is 5.32 Å². The molecule has 0 radical (unpaired) electrons. The number of aromatic nitrogens is 1. The van der Waals surface area contributed by atoms with Crippen LogP contribution in [0.25, 0.3) is 0 Å². The number of hydrogen-bond donors (Lipinski definition) is 3. The van der Waals surface area contributed by atoms with Crippen LogP contribution < -0.4 is 16.4 Å². The zero-order valence-corrected chi connectivity index (χ0v) is 15.6. The first-order valence-electron chi connectivity index (χ1n) is 8.29. The summed E-state index contributed by atoms with van der Waals surface area (Å²) in [6.45, 7) is 1.72. The van der Waals surface area contributed by atoms with Crippen LogP contribution in [-0.4, -0.2) is 16.4 Å². The molecule has 4 N–H and O–H groups in total. The van der Waals surface area contributed by atoms with E-state index in [0.717, 1.165) is 18.2 Å². The number of alkyl halides is 3. The third-order valence-electron chi connectivity index (χ3n) is 4.41. The summed E-state index contributed by atoms with van der Waals surface area (Å²) < 4.78 is 53.0. The number of hydrogen-bond acceptors (Lipinski definition) is 4. The van der Waals surface area contributed by atoms with Gasteiger partial charge in [0.15, 0.2) is 0 Å². The number of nitrogens with two attached hydrogens (primary N) is 1. The van der Waals surface area contributed by atoms with Crippen molar-refractivity contribution in [1.29, 1.82) is 0 Å². The van der Waals surface area contributed by atoms with Gasteiger partial charge in [0.25, 0.3) is 0 Å². The number of para-hydroxylation sites is 1. The smallest absolute Gasteiger partial charge is 0.351 e. The number of benzene rings is 1. The molecule has 1 aromatic heterocycles. The highest BCUT2D eigenvalue weighted by atomic mass is 35.5. The van der Waals surface area contributed by atoms with Gasteiger partial charge < -0.3 is 16.4 Å². The van der Waals surface area contributed by atoms with Crippen molar-refractivity contribution >= 4 is 29.7 Å². The summed E-state index contributed by atoms with van der Waals surface area (Å²) in [5.74, 6) is -1.28. The lowest BCUT2D eigenvalue weighted by Crippen LogP contribution is -2.43. The first-order valence-corrected chi connectivity index (χ1v) is 8.29. The van der Waals surface area contributed by atoms with Crippen LogP contribution in [0.3, 0.4) is 0 Å². The molecule has 0 spiro atoms. The third kappa shape index (κ3) is 4.71. The lowest BCUT2D eigenvalue weighted by Gasteiger charge is -2.18. The molecule has 28 heavy (non-hydrogen) atoms. The summed E-state index contributed by atoms with van der Waals surface area (Å²) in [5, 5.41) is 5.17. The molecule has 2 aromatic rings. The Morgan fingerprint density at radius 3 is 2.46 bits per heavy atom. The van der Waals surface area contributed by atoms with Gasteiger partial charge in [-0.1, -0.05) is 6.07 Å². The maximum atomic E-state index is 13.9. The molecule has 1 aliphatic carbocycles. The zero-order chi connectivity index (χ0) is 19.8. The Balaban J connectivity index is 0.00000280. The van der Waals surface area contributed by atoms with Gasteiger partial charge in [-0.3, -0.25) is 9.78 Å². The topological polar surface area (TPSA) is 80.0 Å². The minimum atomic E-state index is -4.70. The van der Waals surface area contributed by atoms with E-state index < -0.39 is 34.8 Å². The summed E-state index contributed by atoms with van der Waals surface area (Å²) in [6.07, 6.45) is -2.16. The van der Waals surface area contributed by atoms with Crippen LogP contribution in [0.4, 0.5) is 28.9 Å². The minimum absolute atomic E-state index is 0. The summed E-state index contributed by atoms with van der Waals surface area (Å²) >= 11 is 0. The first kappa shape index (κ1) is 21.9. The molecule has 1 atom stereocenters. The van der Waals surface area contributed by atoms with E-state index in [1.807, 2.05) is 0 Å². The highest BCUT2D eigenvalue weighted by Crippen LogP contribution is 2.37. The Kier molecular flexibility index (Phi) is 6.20. The standard InChI is InChI=1S/C18H18F4N4O.ClH/c1-10(25-16(27)17(23)7-8-17)14-6-5-11(9-24-14)26-15-12(18(20,21)22)3-2-4-13(15)19;/h2-6,9-10,26H,7-8,23H2,1H3,(H,25,27);1H. The largest absolute Gasteiger partial charge is 0.418 e. The van der Waals surface area contributed by atoms with Crippen molar-refractivity contribution in [3.8, 4) is 0 Å². The van der Waals surface area contributed by atoms with Crippen molar-refractivity contribution < 1.29 is 22.4 Å². The van der Waals surface area contributed by atoms with Gasteiger partial charge in [0.2, 0.25) is 5.91 Å². The van der Waals surface area contributed by atoms with Gasteiger partial charge in [-0.25, -0.2) is 4.39 Å². The van der Waals surface area contributed by atoms with E-state index >= 15 is 0 Å². The molecule has 0 bridgehead atoms. The third-order valence-corrected chi connectivity index (χ3v) is 4.41. The summed E-state index contributed by atoms with van der Waals surface area (Å²) in [6, 6.07) is 5.32. The molecule has 152 valence electrons. The average Bonchev–Trinajstić information content (AvgIpc) is 3.35. The van der Waals surface area contributed by atoms with E-state index in [4.69, 9.17) is 5.73 Å². The molecule has 1 aromatic carbocycles. The van der Waals surface area contributed by atoms with E-state index in [1.165, 1.54) is 18.3 Å². The van der Waals surface area contributed by atoms with Crippen molar-refractivity contribution in [3.63, 3.8) is 0 Å². The number of halogens is 5. The van der Waals surface area contributed by atoms with Gasteiger partial charge in [0.1, 0.15) is 5.82 Å². The highest BCUT2D eigenvalue weighted by Gasteiger charge is 2.46. The Morgan fingerprint density at radius 1 is 1.25 bits per heavy atom. The molecule has 5 nitrogen and oxygen atoms in total. The van der Waals surface area contributed by atoms with Crippen LogP contribution in [0.1, 0.15) is 37.1 Å². The predicted molar refractivity (Wildman–Crippen MR) is 98.9 cm³/mol. The number of pyridine rings is 1. The molecule has 1 amide bonds. The maximum absolute atomic E-state index is 13.9. The Hall–Kier alpha value is -2.39. The predicted octanol–water partition coefficient (Wildman–Crippen LogP) is 4.07. The monoisotopic (exact) mass is 418 g/mol. The second kappa shape index (κ2) is 7.92. The molecule has 1 saturated carbocycles. The number of nitrogens with one attached hydrogen (secondary N) is 2. The van der Waals surface area contributed by atoms with E-state index in [9.17, 15) is 22.4 Å². The number of nitrogens with zero attached hydrogens (tertiary/aromatic N) is 1. The number of rotatable bonds is 5. The van der Waals surface area contributed by atoms with E-state index in [0.29, 0.717) is 18.5 Å². The summed E-state index contributed by atoms with van der Waals surface area (Å²) in [7, 11) is 0. The van der Waals surface area contributed by atoms with Crippen molar-refractivity contribution in [2.24, 2.45) is 5.73 Å². The molecule has 1 unspecified atom stereocenters. The minimum Gasteiger partial charge on any atom is -0.351 e. The van der Waals surface area contributed by atoms with Crippen LogP contribution in [0, 0.1) is 5.82 Å². The highest BCUT2D eigenvalue weighted by molar-refractivity contribution is 5.89. The molecule has 10 heteroatoms. The molecule has 3 rings (SSSR count). The number of amides is 1. The fourth-order valence-electron chi connectivity index (χ4n) is 2.54. The van der Waals surface area contributed by atoms with Gasteiger partial charge in [-0.2, -0.15) is 13.2 Å². The fraction of sp³-hybridized carbons (Fsp3) is 0.333. The van der Waals surface area contributed by atoms with Gasteiger partial charge in [0, 0.05) is 0 Å². The lowest BCUT2D eigenvalue weighted by molar-refractivity contribution is -0.137. The normalized spacial score (nSPS) is 15.9. The average molecular weight is 419 g/mol. The van der Waals surface area contributed by atoms with Crippen LogP contribution in [0.2, 0.25) is 0 Å². The Bertz CT molecular complexity index is 854. The van der Waals surface area contributed by atoms with Crippen LogP contribution in [-0.2, 0) is 11.0 Å². The lowest BCUT2D eigenvalue weighted by atomic mass is 10.1. The van der Waals surface area contributed by atoms with Crippen molar-refractivity contribution in [3.05, 3.63) is 53.6 Å². The fourth-order valence-corrected chi connectivity index (χ4v) is 2.54. The molecule has 1 heterocycles. The number of carbonyl (C=O) groups is 1. The van der Waals surface area contributed by atoms with E-state index in [-0.39, 0.29) is 24.0 Å². The molecule has 1 fully saturated rings. The Morgan fingerprint density at radius 2 is 1.93 bits per heavy atom. The molecular weight excluding hydrogens is 400 g/mol. The Labute approximate surface area is 165 Å². The molecule has 0 saturated heterocycles. The maximum Gasteiger partial charge on any atom is 0.418 e. The first-order chi connectivity index (χ1) is 12.6.